The standard InChI is InChI=1S/C22H38N4O3.C11H23NO.C8H7N3/c1-3-25(2)18-29-17-16-26(15-7-10-21(27)28)14-5-4-9-20-12-11-19-8-6-13-23-22(19)24-20;1-10(2)8-6-4-5-7-9-12-11(3)13;9-8-6-3-1-2-4-7(6)10-5-11-8/h11-12H,3-10,13-18H2,1-2H3,(H,23,24)(H,27,28);10H,4-9H2,1-3H3,(H,12,13);1-5H,(H2,9,10,11). The van der Waals surface area contributed by atoms with Gasteiger partial charge in [0.05, 0.1) is 18.9 Å². The van der Waals surface area contributed by atoms with Crippen molar-refractivity contribution in [2.75, 3.05) is 70.7 Å². The number of carboxylic acid groups (broad SMARTS) is 1. The Morgan fingerprint density at radius 2 is 1.77 bits per heavy atom. The molecule has 0 saturated heterocycles. The van der Waals surface area contributed by atoms with E-state index in [9.17, 15) is 9.59 Å². The molecule has 0 unspecified atom stereocenters. The number of amides is 1. The fourth-order valence-corrected chi connectivity index (χ4v) is 5.77. The number of carbonyl (C=O) groups is 2. The molecule has 0 spiro atoms. The zero-order valence-electron chi connectivity index (χ0n) is 33.2. The summed E-state index contributed by atoms with van der Waals surface area (Å²) in [7, 11) is 2.04. The van der Waals surface area contributed by atoms with Crippen LogP contribution in [0.2, 0.25) is 0 Å². The zero-order chi connectivity index (χ0) is 38.7. The first-order chi connectivity index (χ1) is 25.6. The van der Waals surface area contributed by atoms with Crippen LogP contribution >= 0.6 is 0 Å². The van der Waals surface area contributed by atoms with Gasteiger partial charge in [-0.3, -0.25) is 14.5 Å². The molecule has 1 amide bonds. The van der Waals surface area contributed by atoms with E-state index in [1.807, 2.05) is 31.3 Å². The summed E-state index contributed by atoms with van der Waals surface area (Å²) in [4.78, 5) is 38.5. The topological polar surface area (TPSA) is 159 Å². The van der Waals surface area contributed by atoms with Gasteiger partial charge in [-0.1, -0.05) is 64.7 Å². The normalized spacial score (nSPS) is 12.1. The molecule has 1 aliphatic rings. The lowest BCUT2D eigenvalue weighted by molar-refractivity contribution is -0.137. The number of carboxylic acids is 1. The van der Waals surface area contributed by atoms with Crippen LogP contribution in [-0.4, -0.2) is 101 Å². The van der Waals surface area contributed by atoms with Crippen LogP contribution in [0.3, 0.4) is 0 Å². The fraction of sp³-hybridized carbons (Fsp3) is 0.634. The number of para-hydroxylation sites is 1. The van der Waals surface area contributed by atoms with Crippen molar-refractivity contribution < 1.29 is 19.4 Å². The Labute approximate surface area is 318 Å². The summed E-state index contributed by atoms with van der Waals surface area (Å²) in [6, 6.07) is 12.0. The predicted octanol–water partition coefficient (Wildman–Crippen LogP) is 6.80. The van der Waals surface area contributed by atoms with E-state index in [0.29, 0.717) is 25.6 Å². The monoisotopic (exact) mass is 737 g/mol. The number of carbonyl (C=O) groups excluding carboxylic acids is 1. The lowest BCUT2D eigenvalue weighted by Gasteiger charge is -2.23. The van der Waals surface area contributed by atoms with Crippen LogP contribution in [0.4, 0.5) is 11.6 Å². The number of fused-ring (bicyclic) bond motifs is 2. The second kappa shape index (κ2) is 27.7. The Hall–Kier alpha value is -3.87. The van der Waals surface area contributed by atoms with Gasteiger partial charge in [0, 0.05) is 44.1 Å². The molecule has 12 heteroatoms. The third-order valence-corrected chi connectivity index (χ3v) is 9.03. The predicted molar refractivity (Wildman–Crippen MR) is 217 cm³/mol. The number of ether oxygens (including phenoxy) is 1. The van der Waals surface area contributed by atoms with Crippen molar-refractivity contribution in [2.45, 2.75) is 105 Å². The van der Waals surface area contributed by atoms with Gasteiger partial charge in [-0.25, -0.2) is 15.0 Å². The Balaban J connectivity index is 0.000000330. The Kier molecular flexibility index (Phi) is 23.7. The molecular formula is C41H68N8O4. The van der Waals surface area contributed by atoms with Crippen LogP contribution in [0.1, 0.15) is 103 Å². The Morgan fingerprint density at radius 1 is 1.00 bits per heavy atom. The van der Waals surface area contributed by atoms with Crippen molar-refractivity contribution in [2.24, 2.45) is 5.92 Å². The first-order valence-electron chi connectivity index (χ1n) is 19.7. The number of anilines is 2. The number of nitrogen functional groups attached to an aromatic ring is 1. The number of pyridine rings is 1. The molecule has 0 saturated carbocycles. The summed E-state index contributed by atoms with van der Waals surface area (Å²) in [6.45, 7) is 15.0. The fourth-order valence-electron chi connectivity index (χ4n) is 5.77. The number of nitrogens with two attached hydrogens (primary N) is 1. The van der Waals surface area contributed by atoms with Crippen LogP contribution in [0.25, 0.3) is 10.9 Å². The molecule has 2 aromatic heterocycles. The quantitative estimate of drug-likeness (QED) is 0.0635. The molecule has 3 heterocycles. The molecule has 0 aliphatic carbocycles. The third-order valence-electron chi connectivity index (χ3n) is 9.03. The summed E-state index contributed by atoms with van der Waals surface area (Å²) in [5, 5.41) is 16.0. The largest absolute Gasteiger partial charge is 0.481 e. The molecule has 0 bridgehead atoms. The molecule has 0 atom stereocenters. The number of nitrogens with zero attached hydrogens (tertiary/aromatic N) is 5. The summed E-state index contributed by atoms with van der Waals surface area (Å²) in [5.74, 6) is 1.80. The van der Waals surface area contributed by atoms with Crippen molar-refractivity contribution in [3.05, 3.63) is 54.0 Å². The van der Waals surface area contributed by atoms with Gasteiger partial charge < -0.3 is 31.1 Å². The maximum Gasteiger partial charge on any atom is 0.303 e. The minimum atomic E-state index is -0.724. The molecule has 4 rings (SSSR count). The molecule has 0 radical (unpaired) electrons. The van der Waals surface area contributed by atoms with Crippen molar-refractivity contribution in [3.8, 4) is 0 Å². The third kappa shape index (κ3) is 21.4. The van der Waals surface area contributed by atoms with Gasteiger partial charge in [0.15, 0.2) is 0 Å². The van der Waals surface area contributed by atoms with Crippen LogP contribution in [0.15, 0.2) is 42.7 Å². The van der Waals surface area contributed by atoms with Crippen LogP contribution < -0.4 is 16.4 Å². The second-order valence-electron chi connectivity index (χ2n) is 14.2. The average molecular weight is 737 g/mol. The van der Waals surface area contributed by atoms with E-state index in [1.165, 1.54) is 44.0 Å². The van der Waals surface area contributed by atoms with Crippen LogP contribution in [0, 0.1) is 5.92 Å². The molecule has 3 aromatic rings. The van der Waals surface area contributed by atoms with E-state index in [0.717, 1.165) is 99.7 Å². The number of rotatable bonds is 22. The lowest BCUT2D eigenvalue weighted by Crippen LogP contribution is -2.31. The highest BCUT2D eigenvalue weighted by molar-refractivity contribution is 5.87. The highest BCUT2D eigenvalue weighted by atomic mass is 16.5. The number of unbranched alkanes of at least 4 members (excludes halogenated alkanes) is 4. The maximum atomic E-state index is 10.8. The highest BCUT2D eigenvalue weighted by Crippen LogP contribution is 2.20. The number of hydrogen-bond donors (Lipinski definition) is 4. The van der Waals surface area contributed by atoms with Crippen molar-refractivity contribution in [1.82, 2.24) is 30.1 Å². The number of nitrogens with one attached hydrogen (secondary N) is 2. The van der Waals surface area contributed by atoms with Gasteiger partial charge in [0.25, 0.3) is 0 Å². The molecule has 12 nitrogen and oxygen atoms in total. The van der Waals surface area contributed by atoms with E-state index in [2.05, 4.69) is 63.3 Å². The zero-order valence-corrected chi connectivity index (χ0v) is 33.2. The first-order valence-corrected chi connectivity index (χ1v) is 19.7. The van der Waals surface area contributed by atoms with E-state index in [-0.39, 0.29) is 12.3 Å². The summed E-state index contributed by atoms with van der Waals surface area (Å²) in [5.41, 5.74) is 8.98. The van der Waals surface area contributed by atoms with Crippen molar-refractivity contribution in [1.29, 1.82) is 0 Å². The molecular weight excluding hydrogens is 669 g/mol. The molecule has 1 aromatic carbocycles. The van der Waals surface area contributed by atoms with Gasteiger partial charge in [-0.05, 0) is 101 Å². The Bertz CT molecular complexity index is 1430. The van der Waals surface area contributed by atoms with E-state index >= 15 is 0 Å². The molecule has 53 heavy (non-hydrogen) atoms. The number of benzene rings is 1. The van der Waals surface area contributed by atoms with E-state index < -0.39 is 5.97 Å². The van der Waals surface area contributed by atoms with Crippen molar-refractivity contribution >= 4 is 34.4 Å². The van der Waals surface area contributed by atoms with E-state index in [4.69, 9.17) is 20.6 Å². The number of hydrogen-bond acceptors (Lipinski definition) is 10. The second-order valence-corrected chi connectivity index (χ2v) is 14.2. The van der Waals surface area contributed by atoms with Crippen LogP contribution in [0.5, 0.6) is 0 Å². The number of aliphatic carboxylic acids is 1. The van der Waals surface area contributed by atoms with Gasteiger partial charge in [-0.2, -0.15) is 0 Å². The van der Waals surface area contributed by atoms with Gasteiger partial charge >= 0.3 is 5.97 Å². The first kappa shape index (κ1) is 45.3. The van der Waals surface area contributed by atoms with Gasteiger partial charge in [0.1, 0.15) is 18.0 Å². The average Bonchev–Trinajstić information content (AvgIpc) is 3.14. The lowest BCUT2D eigenvalue weighted by atomic mass is 10.0. The summed E-state index contributed by atoms with van der Waals surface area (Å²) >= 11 is 0. The van der Waals surface area contributed by atoms with E-state index in [1.54, 1.807) is 6.92 Å². The number of aromatic nitrogens is 3. The Morgan fingerprint density at radius 3 is 2.51 bits per heavy atom. The minimum Gasteiger partial charge on any atom is -0.481 e. The van der Waals surface area contributed by atoms with Crippen molar-refractivity contribution in [3.63, 3.8) is 0 Å². The molecule has 296 valence electrons. The molecule has 0 fully saturated rings. The summed E-state index contributed by atoms with van der Waals surface area (Å²) < 4.78 is 5.72. The molecule has 5 N–H and O–H groups in total. The molecule has 1 aliphatic heterocycles. The summed E-state index contributed by atoms with van der Waals surface area (Å²) in [6.07, 6.45) is 14.2. The SMILES string of the molecule is CC(=O)NCCCCCCC(C)C.CCN(C)COCCN(CCCCc1ccc2c(n1)NCCC2)CCCC(=O)O.Nc1ncnc2ccccc12. The number of aryl methyl sites for hydroxylation is 2. The smallest absolute Gasteiger partial charge is 0.303 e. The van der Waals surface area contributed by atoms with Gasteiger partial charge in [-0.15, -0.1) is 0 Å². The van der Waals surface area contributed by atoms with Gasteiger partial charge in [0.2, 0.25) is 5.91 Å². The minimum absolute atomic E-state index is 0.0854. The highest BCUT2D eigenvalue weighted by Gasteiger charge is 2.11. The van der Waals surface area contributed by atoms with Crippen LogP contribution in [-0.2, 0) is 27.2 Å². The maximum absolute atomic E-state index is 10.8.